The predicted octanol–water partition coefficient (Wildman–Crippen LogP) is 2.56. The van der Waals surface area contributed by atoms with Gasteiger partial charge in [0.25, 0.3) is 5.91 Å². The van der Waals surface area contributed by atoms with Crippen molar-refractivity contribution < 1.29 is 14.4 Å². The molecule has 0 bridgehead atoms. The van der Waals surface area contributed by atoms with Gasteiger partial charge in [-0.25, -0.2) is 0 Å². The van der Waals surface area contributed by atoms with Gasteiger partial charge in [0, 0.05) is 23.4 Å². The standard InChI is InChI=1S/C18H16N2O3/c1-11(21)7-12-3-2-4-13(8-12)18(23)19-15-5-6-16-14(9-15)10-17(22)20-16/h2-6,8-9H,7,10H2,1H3,(H,19,23)(H,20,22). The lowest BCUT2D eigenvalue weighted by Crippen LogP contribution is -2.12. The van der Waals surface area contributed by atoms with E-state index in [-0.39, 0.29) is 17.6 Å². The van der Waals surface area contributed by atoms with Crippen molar-refractivity contribution in [2.45, 2.75) is 19.8 Å². The second kappa shape index (κ2) is 6.04. The fourth-order valence-electron chi connectivity index (χ4n) is 2.62. The van der Waals surface area contributed by atoms with E-state index in [4.69, 9.17) is 0 Å². The molecule has 0 saturated carbocycles. The maximum absolute atomic E-state index is 12.3. The molecular weight excluding hydrogens is 292 g/mol. The molecule has 0 atom stereocenters. The minimum Gasteiger partial charge on any atom is -0.326 e. The Bertz CT molecular complexity index is 812. The molecule has 0 radical (unpaired) electrons. The lowest BCUT2D eigenvalue weighted by molar-refractivity contribution is -0.116. The fraction of sp³-hybridized carbons (Fsp3) is 0.167. The van der Waals surface area contributed by atoms with E-state index in [1.807, 2.05) is 6.07 Å². The Balaban J connectivity index is 1.76. The zero-order valence-electron chi connectivity index (χ0n) is 12.7. The van der Waals surface area contributed by atoms with Gasteiger partial charge < -0.3 is 10.6 Å². The van der Waals surface area contributed by atoms with Crippen molar-refractivity contribution in [1.82, 2.24) is 0 Å². The van der Waals surface area contributed by atoms with Crippen LogP contribution in [0.4, 0.5) is 11.4 Å². The van der Waals surface area contributed by atoms with Gasteiger partial charge in [0.15, 0.2) is 0 Å². The van der Waals surface area contributed by atoms with Crippen LogP contribution in [0.3, 0.4) is 0 Å². The van der Waals surface area contributed by atoms with Crippen LogP contribution in [-0.4, -0.2) is 17.6 Å². The van der Waals surface area contributed by atoms with E-state index < -0.39 is 0 Å². The molecule has 1 heterocycles. The quantitative estimate of drug-likeness (QED) is 0.911. The summed E-state index contributed by atoms with van der Waals surface area (Å²) in [7, 11) is 0. The highest BCUT2D eigenvalue weighted by Gasteiger charge is 2.18. The number of amides is 2. The third-order valence-electron chi connectivity index (χ3n) is 3.63. The SMILES string of the molecule is CC(=O)Cc1cccc(C(=O)Nc2ccc3c(c2)CC(=O)N3)c1. The number of carbonyl (C=O) groups excluding carboxylic acids is 3. The van der Waals surface area contributed by atoms with Crippen LogP contribution < -0.4 is 10.6 Å². The van der Waals surface area contributed by atoms with Gasteiger partial charge in [0.2, 0.25) is 5.91 Å². The molecule has 116 valence electrons. The average molecular weight is 308 g/mol. The Labute approximate surface area is 133 Å². The van der Waals surface area contributed by atoms with Gasteiger partial charge in [-0.2, -0.15) is 0 Å². The maximum atomic E-state index is 12.3. The zero-order chi connectivity index (χ0) is 16.4. The lowest BCUT2D eigenvalue weighted by atomic mass is 10.1. The first-order valence-electron chi connectivity index (χ1n) is 7.34. The Morgan fingerprint density at radius 3 is 2.78 bits per heavy atom. The number of nitrogens with one attached hydrogen (secondary N) is 2. The van der Waals surface area contributed by atoms with E-state index in [2.05, 4.69) is 10.6 Å². The van der Waals surface area contributed by atoms with Crippen LogP contribution in [0.2, 0.25) is 0 Å². The number of carbonyl (C=O) groups is 3. The van der Waals surface area contributed by atoms with E-state index in [0.717, 1.165) is 16.8 Å². The predicted molar refractivity (Wildman–Crippen MR) is 87.6 cm³/mol. The highest BCUT2D eigenvalue weighted by molar-refractivity contribution is 6.05. The van der Waals surface area contributed by atoms with Crippen LogP contribution in [0, 0.1) is 0 Å². The molecule has 5 heteroatoms. The monoisotopic (exact) mass is 308 g/mol. The molecule has 5 nitrogen and oxygen atoms in total. The van der Waals surface area contributed by atoms with Gasteiger partial charge in [0.05, 0.1) is 6.42 Å². The molecule has 0 saturated heterocycles. The number of rotatable bonds is 4. The van der Waals surface area contributed by atoms with Crippen molar-refractivity contribution in [3.63, 3.8) is 0 Å². The number of hydrogen-bond donors (Lipinski definition) is 2. The second-order valence-electron chi connectivity index (χ2n) is 5.63. The molecule has 2 aromatic rings. The highest BCUT2D eigenvalue weighted by Crippen LogP contribution is 2.26. The molecule has 2 N–H and O–H groups in total. The van der Waals surface area contributed by atoms with Crippen molar-refractivity contribution in [1.29, 1.82) is 0 Å². The van der Waals surface area contributed by atoms with Crippen LogP contribution in [0.15, 0.2) is 42.5 Å². The summed E-state index contributed by atoms with van der Waals surface area (Å²) in [6.07, 6.45) is 0.640. The van der Waals surface area contributed by atoms with Crippen LogP contribution in [0.1, 0.15) is 28.4 Å². The summed E-state index contributed by atoms with van der Waals surface area (Å²) >= 11 is 0. The molecule has 1 aliphatic heterocycles. The molecule has 3 rings (SSSR count). The third kappa shape index (κ3) is 3.45. The van der Waals surface area contributed by atoms with Crippen molar-refractivity contribution in [3.05, 3.63) is 59.2 Å². The number of benzene rings is 2. The van der Waals surface area contributed by atoms with E-state index in [9.17, 15) is 14.4 Å². The maximum Gasteiger partial charge on any atom is 0.255 e. The van der Waals surface area contributed by atoms with Crippen molar-refractivity contribution in [3.8, 4) is 0 Å². The minimum atomic E-state index is -0.243. The van der Waals surface area contributed by atoms with Crippen molar-refractivity contribution in [2.24, 2.45) is 0 Å². The van der Waals surface area contributed by atoms with Gasteiger partial charge >= 0.3 is 0 Å². The molecule has 2 aromatic carbocycles. The second-order valence-corrected chi connectivity index (χ2v) is 5.63. The summed E-state index contributed by atoms with van der Waals surface area (Å²) in [4.78, 5) is 34.9. The van der Waals surface area contributed by atoms with Gasteiger partial charge in [-0.3, -0.25) is 14.4 Å². The van der Waals surface area contributed by atoms with Crippen LogP contribution >= 0.6 is 0 Å². The normalized spacial score (nSPS) is 12.5. The number of fused-ring (bicyclic) bond motifs is 1. The fourth-order valence-corrected chi connectivity index (χ4v) is 2.62. The number of anilines is 2. The van der Waals surface area contributed by atoms with Crippen LogP contribution in [0.5, 0.6) is 0 Å². The molecule has 1 aliphatic rings. The van der Waals surface area contributed by atoms with Gasteiger partial charge in [-0.15, -0.1) is 0 Å². The summed E-state index contributed by atoms with van der Waals surface area (Å²) < 4.78 is 0. The van der Waals surface area contributed by atoms with Crippen molar-refractivity contribution in [2.75, 3.05) is 10.6 Å². The Morgan fingerprint density at radius 2 is 2.00 bits per heavy atom. The largest absolute Gasteiger partial charge is 0.326 e. The molecular formula is C18H16N2O3. The van der Waals surface area contributed by atoms with Gasteiger partial charge in [-0.05, 0) is 48.4 Å². The smallest absolute Gasteiger partial charge is 0.255 e. The van der Waals surface area contributed by atoms with Gasteiger partial charge in [0.1, 0.15) is 5.78 Å². The van der Waals surface area contributed by atoms with E-state index in [1.165, 1.54) is 6.92 Å². The molecule has 0 unspecified atom stereocenters. The summed E-state index contributed by atoms with van der Waals surface area (Å²) in [6, 6.07) is 12.3. The van der Waals surface area contributed by atoms with E-state index >= 15 is 0 Å². The summed E-state index contributed by atoms with van der Waals surface area (Å²) in [5.74, 6) is -0.230. The van der Waals surface area contributed by atoms with Crippen molar-refractivity contribution >= 4 is 29.0 Å². The summed E-state index contributed by atoms with van der Waals surface area (Å²) in [5.41, 5.74) is 3.61. The minimum absolute atomic E-state index is 0.0413. The number of ketones is 1. The molecule has 2 amide bonds. The summed E-state index contributed by atoms with van der Waals surface area (Å²) in [5, 5.41) is 5.57. The highest BCUT2D eigenvalue weighted by atomic mass is 16.2. The molecule has 0 fully saturated rings. The summed E-state index contributed by atoms with van der Waals surface area (Å²) in [6.45, 7) is 1.52. The molecule has 0 aromatic heterocycles. The van der Waals surface area contributed by atoms with Gasteiger partial charge in [-0.1, -0.05) is 12.1 Å². The first-order chi connectivity index (χ1) is 11.0. The molecule has 23 heavy (non-hydrogen) atoms. The first-order valence-corrected chi connectivity index (χ1v) is 7.34. The third-order valence-corrected chi connectivity index (χ3v) is 3.63. The van der Waals surface area contributed by atoms with E-state index in [1.54, 1.807) is 36.4 Å². The average Bonchev–Trinajstić information content (AvgIpc) is 2.86. The van der Waals surface area contributed by atoms with E-state index in [0.29, 0.717) is 24.1 Å². The first kappa shape index (κ1) is 15.0. The molecule has 0 spiro atoms. The Hall–Kier alpha value is -2.95. The Morgan fingerprint density at radius 1 is 1.17 bits per heavy atom. The van der Waals surface area contributed by atoms with Crippen LogP contribution in [0.25, 0.3) is 0 Å². The molecule has 0 aliphatic carbocycles. The van der Waals surface area contributed by atoms with Crippen LogP contribution in [-0.2, 0) is 22.4 Å². The number of hydrogen-bond acceptors (Lipinski definition) is 3. The lowest BCUT2D eigenvalue weighted by Gasteiger charge is -2.08. The number of Topliss-reactive ketones (excluding diaryl/α,β-unsaturated/α-hetero) is 1. The Kier molecular flexibility index (Phi) is 3.93. The topological polar surface area (TPSA) is 75.3 Å². The zero-order valence-corrected chi connectivity index (χ0v) is 12.7.